The second-order valence-electron chi connectivity index (χ2n) is 8.39. The monoisotopic (exact) mass is 422 g/mol. The van der Waals surface area contributed by atoms with Crippen LogP contribution in [0.5, 0.6) is 0 Å². The van der Waals surface area contributed by atoms with Crippen molar-refractivity contribution in [1.29, 1.82) is 0 Å². The number of piperazine rings is 1. The van der Waals surface area contributed by atoms with E-state index in [4.69, 9.17) is 0 Å². The van der Waals surface area contributed by atoms with Gasteiger partial charge in [-0.05, 0) is 56.7 Å². The highest BCUT2D eigenvalue weighted by Gasteiger charge is 2.25. The van der Waals surface area contributed by atoms with E-state index in [0.29, 0.717) is 24.7 Å². The number of anilines is 1. The summed E-state index contributed by atoms with van der Waals surface area (Å²) in [6.07, 6.45) is 5.27. The largest absolute Gasteiger partial charge is 0.367 e. The van der Waals surface area contributed by atoms with Gasteiger partial charge in [-0.25, -0.2) is 8.78 Å². The van der Waals surface area contributed by atoms with Crippen molar-refractivity contribution in [2.75, 3.05) is 44.2 Å². The van der Waals surface area contributed by atoms with Crippen LogP contribution in [0.25, 0.3) is 0 Å². The van der Waals surface area contributed by atoms with Crippen molar-refractivity contribution < 1.29 is 18.4 Å². The summed E-state index contributed by atoms with van der Waals surface area (Å²) < 4.78 is 27.4. The van der Waals surface area contributed by atoms with Gasteiger partial charge in [0.2, 0.25) is 11.8 Å². The maximum absolute atomic E-state index is 14.0. The number of halogens is 2. The number of amides is 2. The van der Waals surface area contributed by atoms with Crippen molar-refractivity contribution in [2.24, 2.45) is 5.92 Å². The van der Waals surface area contributed by atoms with Crippen LogP contribution in [0, 0.1) is 17.6 Å². The Labute approximate surface area is 177 Å². The molecule has 2 aliphatic rings. The lowest BCUT2D eigenvalue weighted by molar-refractivity contribution is -0.125. The molecule has 2 N–H and O–H groups in total. The van der Waals surface area contributed by atoms with Gasteiger partial charge in [0, 0.05) is 39.1 Å². The van der Waals surface area contributed by atoms with Crippen LogP contribution in [0.1, 0.15) is 39.0 Å². The Hall–Kier alpha value is -2.22. The number of hydrogen-bond donors (Lipinski definition) is 2. The standard InChI is InChI=1S/C22H32F2N4O2/c1-16(29)25-15-21(30)26-18-7-5-17(6-8-18)9-10-27-11-13-28(14-12-27)20-4-2-3-19(23)22(20)24/h2-4,17-18H,5-15H2,1H3,(H,25,29)(H,26,30). The minimum Gasteiger partial charge on any atom is -0.367 e. The molecule has 1 aromatic carbocycles. The average molecular weight is 423 g/mol. The summed E-state index contributed by atoms with van der Waals surface area (Å²) in [5.74, 6) is -1.21. The summed E-state index contributed by atoms with van der Waals surface area (Å²) in [6.45, 7) is 5.57. The van der Waals surface area contributed by atoms with Gasteiger partial charge < -0.3 is 15.5 Å². The Morgan fingerprint density at radius 1 is 1.07 bits per heavy atom. The minimum atomic E-state index is -0.795. The predicted molar refractivity (Wildman–Crippen MR) is 112 cm³/mol. The molecule has 1 saturated heterocycles. The number of carbonyl (C=O) groups is 2. The number of benzene rings is 1. The summed E-state index contributed by atoms with van der Waals surface area (Å²) in [5, 5.41) is 5.52. The molecule has 1 saturated carbocycles. The summed E-state index contributed by atoms with van der Waals surface area (Å²) in [5.41, 5.74) is 0.355. The van der Waals surface area contributed by atoms with E-state index in [1.54, 1.807) is 12.1 Å². The van der Waals surface area contributed by atoms with Gasteiger partial charge in [0.1, 0.15) is 0 Å². The molecule has 1 aliphatic heterocycles. The SMILES string of the molecule is CC(=O)NCC(=O)NC1CCC(CCN2CCN(c3cccc(F)c3F)CC2)CC1. The lowest BCUT2D eigenvalue weighted by atomic mass is 9.84. The van der Waals surface area contributed by atoms with Crippen molar-refractivity contribution in [1.82, 2.24) is 15.5 Å². The van der Waals surface area contributed by atoms with Gasteiger partial charge in [0.05, 0.1) is 12.2 Å². The van der Waals surface area contributed by atoms with E-state index in [9.17, 15) is 18.4 Å². The van der Waals surface area contributed by atoms with Crippen molar-refractivity contribution in [3.63, 3.8) is 0 Å². The second-order valence-corrected chi connectivity index (χ2v) is 8.39. The van der Waals surface area contributed by atoms with Crippen LogP contribution < -0.4 is 15.5 Å². The van der Waals surface area contributed by atoms with Crippen LogP contribution in [-0.4, -0.2) is 62.0 Å². The third-order valence-electron chi connectivity index (χ3n) is 6.21. The number of hydrogen-bond acceptors (Lipinski definition) is 4. The summed E-state index contributed by atoms with van der Waals surface area (Å²) in [4.78, 5) is 27.0. The normalized spacial score (nSPS) is 22.6. The van der Waals surface area contributed by atoms with Gasteiger partial charge in [-0.1, -0.05) is 6.07 Å². The number of nitrogens with one attached hydrogen (secondary N) is 2. The molecule has 1 heterocycles. The first-order valence-electron chi connectivity index (χ1n) is 10.9. The summed E-state index contributed by atoms with van der Waals surface area (Å²) in [7, 11) is 0. The molecule has 2 amide bonds. The highest BCUT2D eigenvalue weighted by atomic mass is 19.2. The van der Waals surface area contributed by atoms with E-state index in [1.807, 2.05) is 4.90 Å². The zero-order valence-electron chi connectivity index (χ0n) is 17.6. The third kappa shape index (κ3) is 6.39. The molecule has 0 radical (unpaired) electrons. The first-order chi connectivity index (χ1) is 14.4. The molecule has 166 valence electrons. The third-order valence-corrected chi connectivity index (χ3v) is 6.21. The van der Waals surface area contributed by atoms with Crippen molar-refractivity contribution in [3.05, 3.63) is 29.8 Å². The molecule has 1 aliphatic carbocycles. The molecule has 2 fully saturated rings. The molecule has 0 aromatic heterocycles. The zero-order valence-corrected chi connectivity index (χ0v) is 17.6. The number of nitrogens with zero attached hydrogens (tertiary/aromatic N) is 2. The second kappa shape index (κ2) is 10.7. The van der Waals surface area contributed by atoms with Gasteiger partial charge in [-0.2, -0.15) is 0 Å². The molecule has 1 aromatic rings. The average Bonchev–Trinajstić information content (AvgIpc) is 2.74. The molecular weight excluding hydrogens is 390 g/mol. The molecule has 0 unspecified atom stereocenters. The van der Waals surface area contributed by atoms with Crippen molar-refractivity contribution in [3.8, 4) is 0 Å². The molecular formula is C22H32F2N4O2. The lowest BCUT2D eigenvalue weighted by Crippen LogP contribution is -2.47. The quantitative estimate of drug-likeness (QED) is 0.708. The van der Waals surface area contributed by atoms with E-state index in [1.165, 1.54) is 6.92 Å². The fraction of sp³-hybridized carbons (Fsp3) is 0.636. The zero-order chi connectivity index (χ0) is 21.5. The predicted octanol–water partition coefficient (Wildman–Crippen LogP) is 2.29. The Morgan fingerprint density at radius 2 is 1.77 bits per heavy atom. The maximum Gasteiger partial charge on any atom is 0.239 e. The van der Waals surface area contributed by atoms with Crippen LogP contribution in [0.15, 0.2) is 18.2 Å². The van der Waals surface area contributed by atoms with Gasteiger partial charge >= 0.3 is 0 Å². The maximum atomic E-state index is 14.0. The Balaban J connectivity index is 1.32. The van der Waals surface area contributed by atoms with E-state index < -0.39 is 11.6 Å². The van der Waals surface area contributed by atoms with E-state index >= 15 is 0 Å². The molecule has 30 heavy (non-hydrogen) atoms. The molecule has 6 nitrogen and oxygen atoms in total. The highest BCUT2D eigenvalue weighted by Crippen LogP contribution is 2.28. The minimum absolute atomic E-state index is 0.0424. The van der Waals surface area contributed by atoms with Gasteiger partial charge in [0.15, 0.2) is 11.6 Å². The molecule has 0 spiro atoms. The Morgan fingerprint density at radius 3 is 2.43 bits per heavy atom. The number of rotatable bonds is 7. The lowest BCUT2D eigenvalue weighted by Gasteiger charge is -2.37. The van der Waals surface area contributed by atoms with Crippen LogP contribution in [-0.2, 0) is 9.59 Å². The Kier molecular flexibility index (Phi) is 8.01. The fourth-order valence-corrected chi connectivity index (χ4v) is 4.39. The van der Waals surface area contributed by atoms with Gasteiger partial charge in [0.25, 0.3) is 0 Å². The summed E-state index contributed by atoms with van der Waals surface area (Å²) in [6, 6.07) is 4.55. The van der Waals surface area contributed by atoms with Gasteiger partial charge in [-0.3, -0.25) is 14.5 Å². The van der Waals surface area contributed by atoms with E-state index in [-0.39, 0.29) is 24.4 Å². The topological polar surface area (TPSA) is 64.7 Å². The molecule has 0 bridgehead atoms. The van der Waals surface area contributed by atoms with Crippen LogP contribution in [0.2, 0.25) is 0 Å². The van der Waals surface area contributed by atoms with E-state index in [0.717, 1.165) is 57.8 Å². The smallest absolute Gasteiger partial charge is 0.239 e. The van der Waals surface area contributed by atoms with Gasteiger partial charge in [-0.15, -0.1) is 0 Å². The van der Waals surface area contributed by atoms with Crippen LogP contribution >= 0.6 is 0 Å². The summed E-state index contributed by atoms with van der Waals surface area (Å²) >= 11 is 0. The van der Waals surface area contributed by atoms with E-state index in [2.05, 4.69) is 15.5 Å². The first kappa shape index (κ1) is 22.5. The van der Waals surface area contributed by atoms with Crippen molar-refractivity contribution >= 4 is 17.5 Å². The van der Waals surface area contributed by atoms with Crippen LogP contribution in [0.3, 0.4) is 0 Å². The molecule has 8 heteroatoms. The van der Waals surface area contributed by atoms with Crippen LogP contribution in [0.4, 0.5) is 14.5 Å². The number of carbonyl (C=O) groups excluding carboxylic acids is 2. The molecule has 3 rings (SSSR count). The fourth-order valence-electron chi connectivity index (χ4n) is 4.39. The first-order valence-corrected chi connectivity index (χ1v) is 10.9. The highest BCUT2D eigenvalue weighted by molar-refractivity contribution is 5.83. The molecule has 0 atom stereocenters. The van der Waals surface area contributed by atoms with Crippen molar-refractivity contribution in [2.45, 2.75) is 45.1 Å². The Bertz CT molecular complexity index is 730.